The zero-order chi connectivity index (χ0) is 22.5. The predicted molar refractivity (Wildman–Crippen MR) is 121 cm³/mol. The maximum atomic E-state index is 12.5. The first-order valence-corrected chi connectivity index (χ1v) is 10.6. The van der Waals surface area contributed by atoms with Crippen molar-refractivity contribution in [2.45, 2.75) is 19.8 Å². The van der Waals surface area contributed by atoms with Crippen LogP contribution >= 0.6 is 23.2 Å². The Labute approximate surface area is 189 Å². The van der Waals surface area contributed by atoms with Crippen molar-refractivity contribution in [1.29, 1.82) is 0 Å². The van der Waals surface area contributed by atoms with Crippen LogP contribution in [0.2, 0.25) is 10.0 Å². The largest absolute Gasteiger partial charge is 0.367 e. The summed E-state index contributed by atoms with van der Waals surface area (Å²) in [5, 5.41) is 14.1. The van der Waals surface area contributed by atoms with E-state index in [2.05, 4.69) is 10.2 Å². The van der Waals surface area contributed by atoms with Crippen molar-refractivity contribution in [2.75, 3.05) is 36.4 Å². The summed E-state index contributed by atoms with van der Waals surface area (Å²) >= 11 is 12.2. The first-order chi connectivity index (χ1) is 14.8. The molecule has 8 nitrogen and oxygen atoms in total. The van der Waals surface area contributed by atoms with E-state index in [-0.39, 0.29) is 22.2 Å². The molecule has 0 bridgehead atoms. The van der Waals surface area contributed by atoms with Gasteiger partial charge in [0.15, 0.2) is 0 Å². The lowest BCUT2D eigenvalue weighted by atomic mass is 10.1. The van der Waals surface area contributed by atoms with Crippen LogP contribution in [0.5, 0.6) is 0 Å². The second-order valence-electron chi connectivity index (χ2n) is 7.16. The SMILES string of the molecule is CCCC(=O)N1CCN(c2ccc(NC(=O)c3ccc(Cl)c([N+](=O)[O-])c3)cc2Cl)CC1. The Morgan fingerprint density at radius 1 is 1.06 bits per heavy atom. The van der Waals surface area contributed by atoms with E-state index in [9.17, 15) is 19.7 Å². The number of carbonyl (C=O) groups excluding carboxylic acids is 2. The number of benzene rings is 2. The third-order valence-corrected chi connectivity index (χ3v) is 5.67. The molecule has 0 radical (unpaired) electrons. The van der Waals surface area contributed by atoms with E-state index < -0.39 is 10.8 Å². The zero-order valence-corrected chi connectivity index (χ0v) is 18.4. The molecule has 0 saturated carbocycles. The third kappa shape index (κ3) is 5.45. The summed E-state index contributed by atoms with van der Waals surface area (Å²) in [5.74, 6) is -0.333. The number of nitrogens with one attached hydrogen (secondary N) is 1. The summed E-state index contributed by atoms with van der Waals surface area (Å²) < 4.78 is 0. The molecular weight excluding hydrogens is 443 g/mol. The number of nitrogens with zero attached hydrogens (tertiary/aromatic N) is 3. The first-order valence-electron chi connectivity index (χ1n) is 9.87. The highest BCUT2D eigenvalue weighted by Gasteiger charge is 2.22. The summed E-state index contributed by atoms with van der Waals surface area (Å²) in [7, 11) is 0. The second-order valence-corrected chi connectivity index (χ2v) is 7.98. The summed E-state index contributed by atoms with van der Waals surface area (Å²) in [6.45, 7) is 4.62. The van der Waals surface area contributed by atoms with Gasteiger partial charge in [0, 0.05) is 49.9 Å². The minimum absolute atomic E-state index is 0.0366. The smallest absolute Gasteiger partial charge is 0.288 e. The van der Waals surface area contributed by atoms with E-state index in [1.54, 1.807) is 12.1 Å². The van der Waals surface area contributed by atoms with Crippen LogP contribution in [0, 0.1) is 10.1 Å². The minimum Gasteiger partial charge on any atom is -0.367 e. The average molecular weight is 465 g/mol. The maximum Gasteiger partial charge on any atom is 0.288 e. The Morgan fingerprint density at radius 3 is 2.39 bits per heavy atom. The number of carbonyl (C=O) groups is 2. The Hall–Kier alpha value is -2.84. The molecule has 2 amide bonds. The number of hydrogen-bond acceptors (Lipinski definition) is 5. The molecule has 2 aromatic rings. The van der Waals surface area contributed by atoms with Crippen molar-refractivity contribution in [2.24, 2.45) is 0 Å². The van der Waals surface area contributed by atoms with Gasteiger partial charge in [-0.25, -0.2) is 0 Å². The molecule has 0 aromatic heterocycles. The van der Waals surface area contributed by atoms with Gasteiger partial charge in [0.2, 0.25) is 5.91 Å². The molecule has 2 aromatic carbocycles. The fourth-order valence-corrected chi connectivity index (χ4v) is 3.89. The number of halogens is 2. The molecular formula is C21H22Cl2N4O4. The monoisotopic (exact) mass is 464 g/mol. The summed E-state index contributed by atoms with van der Waals surface area (Å²) in [5.41, 5.74) is 1.07. The maximum absolute atomic E-state index is 12.5. The van der Waals surface area contributed by atoms with Crippen molar-refractivity contribution in [3.8, 4) is 0 Å². The lowest BCUT2D eigenvalue weighted by molar-refractivity contribution is -0.384. The summed E-state index contributed by atoms with van der Waals surface area (Å²) in [6, 6.07) is 9.03. The van der Waals surface area contributed by atoms with E-state index in [0.29, 0.717) is 43.3 Å². The van der Waals surface area contributed by atoms with Crippen LogP contribution in [-0.2, 0) is 4.79 Å². The van der Waals surface area contributed by atoms with Gasteiger partial charge < -0.3 is 15.1 Å². The van der Waals surface area contributed by atoms with Crippen LogP contribution in [0.25, 0.3) is 0 Å². The molecule has 1 aliphatic heterocycles. The van der Waals surface area contributed by atoms with Crippen LogP contribution in [0.3, 0.4) is 0 Å². The Kier molecular flexibility index (Phi) is 7.35. The Bertz CT molecular complexity index is 1010. The molecule has 1 aliphatic rings. The zero-order valence-electron chi connectivity index (χ0n) is 16.9. The minimum atomic E-state index is -0.639. The molecule has 0 aliphatic carbocycles. The van der Waals surface area contributed by atoms with E-state index in [4.69, 9.17) is 23.2 Å². The summed E-state index contributed by atoms with van der Waals surface area (Å²) in [6.07, 6.45) is 1.40. The van der Waals surface area contributed by atoms with Gasteiger partial charge in [0.25, 0.3) is 11.6 Å². The average Bonchev–Trinajstić information content (AvgIpc) is 2.74. The second kappa shape index (κ2) is 9.98. The van der Waals surface area contributed by atoms with Crippen molar-refractivity contribution >= 4 is 52.1 Å². The topological polar surface area (TPSA) is 95.8 Å². The van der Waals surface area contributed by atoms with Crippen LogP contribution in [-0.4, -0.2) is 47.8 Å². The van der Waals surface area contributed by atoms with Gasteiger partial charge in [-0.3, -0.25) is 19.7 Å². The Morgan fingerprint density at radius 2 is 1.77 bits per heavy atom. The molecule has 1 fully saturated rings. The molecule has 3 rings (SSSR count). The number of hydrogen-bond donors (Lipinski definition) is 1. The van der Waals surface area contributed by atoms with Gasteiger partial charge in [-0.15, -0.1) is 0 Å². The highest BCUT2D eigenvalue weighted by molar-refractivity contribution is 6.34. The highest BCUT2D eigenvalue weighted by Crippen LogP contribution is 2.30. The predicted octanol–water partition coefficient (Wildman–Crippen LogP) is 4.60. The fourth-order valence-electron chi connectivity index (χ4n) is 3.41. The molecule has 31 heavy (non-hydrogen) atoms. The molecule has 164 valence electrons. The number of nitro groups is 1. The van der Waals surface area contributed by atoms with Gasteiger partial charge in [0.05, 0.1) is 15.6 Å². The fraction of sp³-hybridized carbons (Fsp3) is 0.333. The van der Waals surface area contributed by atoms with Crippen molar-refractivity contribution in [1.82, 2.24) is 4.90 Å². The van der Waals surface area contributed by atoms with Crippen LogP contribution in [0.4, 0.5) is 17.1 Å². The van der Waals surface area contributed by atoms with Gasteiger partial charge in [-0.05, 0) is 36.8 Å². The van der Waals surface area contributed by atoms with Crippen LogP contribution < -0.4 is 10.2 Å². The number of piperazine rings is 1. The van der Waals surface area contributed by atoms with Crippen molar-refractivity contribution in [3.05, 3.63) is 62.1 Å². The van der Waals surface area contributed by atoms with Gasteiger partial charge >= 0.3 is 0 Å². The standard InChI is InChI=1S/C21H22Cl2N4O4/c1-2-3-20(28)26-10-8-25(9-11-26)18-7-5-15(13-17(18)23)24-21(29)14-4-6-16(22)19(12-14)27(30)31/h4-7,12-13H,2-3,8-11H2,1H3,(H,24,29). The number of anilines is 2. The van der Waals surface area contributed by atoms with E-state index in [0.717, 1.165) is 18.2 Å². The molecule has 10 heteroatoms. The lowest BCUT2D eigenvalue weighted by Crippen LogP contribution is -2.48. The van der Waals surface area contributed by atoms with E-state index in [1.807, 2.05) is 17.9 Å². The molecule has 1 heterocycles. The highest BCUT2D eigenvalue weighted by atomic mass is 35.5. The molecule has 1 N–H and O–H groups in total. The quantitative estimate of drug-likeness (QED) is 0.497. The van der Waals surface area contributed by atoms with E-state index >= 15 is 0 Å². The van der Waals surface area contributed by atoms with Gasteiger partial charge in [0.1, 0.15) is 5.02 Å². The molecule has 0 unspecified atom stereocenters. The normalized spacial score (nSPS) is 13.8. The number of nitro benzene ring substituents is 1. The first kappa shape index (κ1) is 22.8. The van der Waals surface area contributed by atoms with Gasteiger partial charge in [-0.2, -0.15) is 0 Å². The van der Waals surface area contributed by atoms with Crippen molar-refractivity contribution in [3.63, 3.8) is 0 Å². The number of rotatable bonds is 6. The lowest BCUT2D eigenvalue weighted by Gasteiger charge is -2.36. The number of amides is 2. The Balaban J connectivity index is 1.66. The molecule has 0 atom stereocenters. The van der Waals surface area contributed by atoms with Crippen LogP contribution in [0.15, 0.2) is 36.4 Å². The van der Waals surface area contributed by atoms with E-state index in [1.165, 1.54) is 12.1 Å². The summed E-state index contributed by atoms with van der Waals surface area (Å²) in [4.78, 5) is 38.9. The molecule has 0 spiro atoms. The molecule has 1 saturated heterocycles. The van der Waals surface area contributed by atoms with Crippen LogP contribution in [0.1, 0.15) is 30.1 Å². The van der Waals surface area contributed by atoms with Gasteiger partial charge in [-0.1, -0.05) is 30.1 Å². The third-order valence-electron chi connectivity index (χ3n) is 5.05. The van der Waals surface area contributed by atoms with Crippen molar-refractivity contribution < 1.29 is 14.5 Å².